The molecule has 0 aliphatic carbocycles. The maximum Gasteiger partial charge on any atom is 0.482 e. The Balaban J connectivity index is 2.97. The summed E-state index contributed by atoms with van der Waals surface area (Å²) in [6.07, 6.45) is -0.906. The van der Waals surface area contributed by atoms with Crippen LogP contribution in [0.5, 0.6) is 5.75 Å². The molecule has 0 aliphatic rings. The first-order valence-corrected chi connectivity index (χ1v) is 4.75. The molecule has 1 nitrogen and oxygen atoms in total. The van der Waals surface area contributed by atoms with Gasteiger partial charge in [0.1, 0.15) is 5.75 Å². The Morgan fingerprint density at radius 2 is 2.00 bits per heavy atom. The van der Waals surface area contributed by atoms with Gasteiger partial charge in [-0.2, -0.15) is 0 Å². The Morgan fingerprint density at radius 3 is 2.50 bits per heavy atom. The van der Waals surface area contributed by atoms with E-state index in [1.165, 1.54) is 19.2 Å². The average molecular weight is 268 g/mol. The van der Waals surface area contributed by atoms with E-state index in [1.807, 2.05) is 0 Å². The summed E-state index contributed by atoms with van der Waals surface area (Å²) in [5.41, 5.74) is 0.170. The summed E-state index contributed by atoms with van der Waals surface area (Å²) in [6.45, 7) is -4.82. The molecule has 78 valence electrons. The zero-order chi connectivity index (χ0) is 10.8. The van der Waals surface area contributed by atoms with Crippen molar-refractivity contribution < 1.29 is 17.7 Å². The summed E-state index contributed by atoms with van der Waals surface area (Å²) in [4.78, 5) is 0. The van der Waals surface area contributed by atoms with Crippen LogP contribution in [0.15, 0.2) is 22.7 Å². The Bertz CT molecular complexity index is 327. The van der Waals surface area contributed by atoms with Crippen LogP contribution in [0.2, 0.25) is 0 Å². The Hall–Kier alpha value is -0.645. The van der Waals surface area contributed by atoms with Gasteiger partial charge in [0, 0.05) is 4.47 Å². The molecule has 1 rings (SSSR count). The van der Waals surface area contributed by atoms with Crippen molar-refractivity contribution in [3.05, 3.63) is 28.2 Å². The summed E-state index contributed by atoms with van der Waals surface area (Å²) in [7, 11) is 1.36. The molecular weight excluding hydrogens is 260 g/mol. The van der Waals surface area contributed by atoms with Crippen molar-refractivity contribution >= 4 is 22.9 Å². The van der Waals surface area contributed by atoms with Crippen molar-refractivity contribution in [3.8, 4) is 5.75 Å². The lowest BCUT2D eigenvalue weighted by Gasteiger charge is -2.16. The maximum absolute atomic E-state index is 12.2. The van der Waals surface area contributed by atoms with Crippen LogP contribution < -0.4 is 4.74 Å². The summed E-state index contributed by atoms with van der Waals surface area (Å²) in [5.74, 6) is 0.263. The molecule has 0 amide bonds. The Kier molecular flexibility index (Phi) is 3.47. The molecule has 0 saturated carbocycles. The Morgan fingerprint density at radius 1 is 1.36 bits per heavy atom. The minimum atomic E-state index is -4.82. The average Bonchev–Trinajstić information content (AvgIpc) is 2.06. The highest BCUT2D eigenvalue weighted by atomic mass is 79.9. The molecule has 0 aromatic heterocycles. The smallest absolute Gasteiger partial charge is 0.482 e. The van der Waals surface area contributed by atoms with Gasteiger partial charge in [-0.1, -0.05) is 28.3 Å². The number of rotatable bonds is 3. The fourth-order valence-electron chi connectivity index (χ4n) is 1.14. The highest BCUT2D eigenvalue weighted by Crippen LogP contribution is 2.27. The van der Waals surface area contributed by atoms with Gasteiger partial charge in [-0.05, 0) is 17.7 Å². The van der Waals surface area contributed by atoms with E-state index in [-0.39, 0.29) is 11.3 Å². The van der Waals surface area contributed by atoms with E-state index >= 15 is 0 Å². The van der Waals surface area contributed by atoms with Crippen LogP contribution in [0.3, 0.4) is 0 Å². The van der Waals surface area contributed by atoms with Crippen LogP contribution in [-0.2, 0) is 6.32 Å². The second kappa shape index (κ2) is 4.25. The third kappa shape index (κ3) is 3.25. The van der Waals surface area contributed by atoms with Crippen molar-refractivity contribution in [1.29, 1.82) is 0 Å². The summed E-state index contributed by atoms with van der Waals surface area (Å²) in [6, 6.07) is 4.51. The largest absolute Gasteiger partial charge is 0.497 e. The normalized spacial score (nSPS) is 11.5. The topological polar surface area (TPSA) is 9.23 Å². The highest BCUT2D eigenvalue weighted by Gasteiger charge is 2.24. The highest BCUT2D eigenvalue weighted by molar-refractivity contribution is 9.10. The molecule has 1 aromatic carbocycles. The zero-order valence-electron chi connectivity index (χ0n) is 7.44. The predicted octanol–water partition coefficient (Wildman–Crippen LogP) is 3.39. The third-order valence-electron chi connectivity index (χ3n) is 1.70. The summed E-state index contributed by atoms with van der Waals surface area (Å²) >= 11 is 3.16. The van der Waals surface area contributed by atoms with Gasteiger partial charge >= 0.3 is 6.98 Å². The molecule has 0 fully saturated rings. The first-order valence-electron chi connectivity index (χ1n) is 3.96. The lowest BCUT2D eigenvalue weighted by Crippen LogP contribution is -2.19. The minimum absolute atomic E-state index is 0.170. The van der Waals surface area contributed by atoms with Gasteiger partial charge in [-0.25, -0.2) is 0 Å². The zero-order valence-corrected chi connectivity index (χ0v) is 9.02. The summed E-state index contributed by atoms with van der Waals surface area (Å²) < 4.78 is 42.0. The number of ether oxygens (including phenoxy) is 1. The quantitative estimate of drug-likeness (QED) is 0.763. The molecular formula is C8H8BBrF3O-. The van der Waals surface area contributed by atoms with Crippen molar-refractivity contribution in [2.24, 2.45) is 0 Å². The van der Waals surface area contributed by atoms with Crippen molar-refractivity contribution in [2.45, 2.75) is 6.32 Å². The molecule has 6 heteroatoms. The first kappa shape index (κ1) is 11.4. The van der Waals surface area contributed by atoms with Gasteiger partial charge in [-0.3, -0.25) is 0 Å². The summed E-state index contributed by atoms with van der Waals surface area (Å²) in [5, 5.41) is 0. The molecule has 0 saturated heterocycles. The van der Waals surface area contributed by atoms with E-state index in [1.54, 1.807) is 6.07 Å². The fourth-order valence-corrected chi connectivity index (χ4v) is 1.48. The van der Waals surface area contributed by atoms with Crippen LogP contribution in [0.4, 0.5) is 12.9 Å². The molecule has 0 spiro atoms. The lowest BCUT2D eigenvalue weighted by atomic mass is 9.81. The fraction of sp³-hybridized carbons (Fsp3) is 0.250. The SMILES string of the molecule is COc1cc(Br)ccc1C[B-](F)(F)F. The van der Waals surface area contributed by atoms with Gasteiger partial charge < -0.3 is 17.7 Å². The molecule has 1 aromatic rings. The van der Waals surface area contributed by atoms with Crippen LogP contribution >= 0.6 is 15.9 Å². The monoisotopic (exact) mass is 267 g/mol. The second-order valence-electron chi connectivity index (χ2n) is 2.87. The Labute approximate surface area is 88.4 Å². The third-order valence-corrected chi connectivity index (χ3v) is 2.19. The first-order chi connectivity index (χ1) is 6.42. The maximum atomic E-state index is 12.2. The van der Waals surface area contributed by atoms with E-state index in [0.717, 1.165) is 0 Å². The van der Waals surface area contributed by atoms with Crippen LogP contribution in [0.1, 0.15) is 5.56 Å². The van der Waals surface area contributed by atoms with Crippen LogP contribution in [0, 0.1) is 0 Å². The molecule has 0 atom stereocenters. The predicted molar refractivity (Wildman–Crippen MR) is 53.5 cm³/mol. The van der Waals surface area contributed by atoms with Gasteiger partial charge in [-0.15, -0.1) is 0 Å². The van der Waals surface area contributed by atoms with E-state index in [2.05, 4.69) is 15.9 Å². The van der Waals surface area contributed by atoms with E-state index in [4.69, 9.17) is 4.74 Å². The molecule has 0 unspecified atom stereocenters. The van der Waals surface area contributed by atoms with Gasteiger partial charge in [0.15, 0.2) is 0 Å². The van der Waals surface area contributed by atoms with E-state index in [9.17, 15) is 12.9 Å². The molecule has 0 heterocycles. The van der Waals surface area contributed by atoms with Crippen LogP contribution in [-0.4, -0.2) is 14.1 Å². The van der Waals surface area contributed by atoms with Crippen LogP contribution in [0.25, 0.3) is 0 Å². The van der Waals surface area contributed by atoms with Crippen molar-refractivity contribution in [2.75, 3.05) is 7.11 Å². The van der Waals surface area contributed by atoms with E-state index < -0.39 is 13.3 Å². The molecule has 0 N–H and O–H groups in total. The number of hydrogen-bond donors (Lipinski definition) is 0. The van der Waals surface area contributed by atoms with Gasteiger partial charge in [0.25, 0.3) is 0 Å². The standard InChI is InChI=1S/C8H8BBrF3O/c1-14-8-4-7(10)3-2-6(8)5-9(11,12)13/h2-4H,5H2,1H3/q-1. The molecule has 0 bridgehead atoms. The molecule has 0 aliphatic heterocycles. The number of methoxy groups -OCH3 is 1. The lowest BCUT2D eigenvalue weighted by molar-refractivity contribution is 0.406. The number of halogens is 4. The minimum Gasteiger partial charge on any atom is -0.497 e. The van der Waals surface area contributed by atoms with Gasteiger partial charge in [0.05, 0.1) is 7.11 Å². The van der Waals surface area contributed by atoms with Crippen molar-refractivity contribution in [1.82, 2.24) is 0 Å². The number of hydrogen-bond acceptors (Lipinski definition) is 1. The second-order valence-corrected chi connectivity index (χ2v) is 3.79. The molecule has 14 heavy (non-hydrogen) atoms. The number of benzene rings is 1. The van der Waals surface area contributed by atoms with Gasteiger partial charge in [0.2, 0.25) is 0 Å². The van der Waals surface area contributed by atoms with Crippen molar-refractivity contribution in [3.63, 3.8) is 0 Å². The van der Waals surface area contributed by atoms with E-state index in [0.29, 0.717) is 4.47 Å². The molecule has 0 radical (unpaired) electrons.